The molecule has 0 spiro atoms. The molecule has 3 nitrogen and oxygen atoms in total. The monoisotopic (exact) mass is 308 g/mol. The second-order valence-electron chi connectivity index (χ2n) is 4.31. The van der Waals surface area contributed by atoms with Crippen LogP contribution in [-0.2, 0) is 0 Å². The second kappa shape index (κ2) is 5.35. The Labute approximate surface area is 126 Å². The third-order valence-electron chi connectivity index (χ3n) is 2.98. The van der Waals surface area contributed by atoms with Crippen LogP contribution in [-0.4, -0.2) is 19.0 Å². The lowest BCUT2D eigenvalue weighted by Gasteiger charge is -2.19. The van der Waals surface area contributed by atoms with Crippen LogP contribution in [0, 0.1) is 0 Å². The first-order valence-electron chi connectivity index (χ1n) is 6.04. The van der Waals surface area contributed by atoms with Gasteiger partial charge in [0.15, 0.2) is 17.3 Å². The molecule has 0 aliphatic carbocycles. The third-order valence-corrected chi connectivity index (χ3v) is 3.55. The Morgan fingerprint density at radius 2 is 1.55 bits per heavy atom. The van der Waals surface area contributed by atoms with Gasteiger partial charge in [-0.3, -0.25) is 4.79 Å². The number of ketones is 1. The molecule has 102 valence electrons. The Hall–Kier alpha value is -1.71. The van der Waals surface area contributed by atoms with Crippen molar-refractivity contribution in [2.45, 2.75) is 0 Å². The van der Waals surface area contributed by atoms with E-state index in [9.17, 15) is 4.79 Å². The summed E-state index contributed by atoms with van der Waals surface area (Å²) in [5, 5.41) is 0.920. The highest BCUT2D eigenvalue weighted by Gasteiger charge is 2.19. The van der Waals surface area contributed by atoms with E-state index in [1.807, 2.05) is 0 Å². The molecule has 5 heteroatoms. The average Bonchev–Trinajstić information content (AvgIpc) is 2.46. The molecule has 1 aliphatic rings. The van der Waals surface area contributed by atoms with Crippen molar-refractivity contribution in [1.29, 1.82) is 0 Å². The van der Waals surface area contributed by atoms with E-state index in [0.29, 0.717) is 45.9 Å². The molecular weight excluding hydrogens is 299 g/mol. The van der Waals surface area contributed by atoms with Gasteiger partial charge in [0.2, 0.25) is 0 Å². The van der Waals surface area contributed by atoms with Crippen molar-refractivity contribution in [2.75, 3.05) is 13.2 Å². The summed E-state index contributed by atoms with van der Waals surface area (Å²) in [5.41, 5.74) is 0.909. The van der Waals surface area contributed by atoms with E-state index in [-0.39, 0.29) is 5.78 Å². The maximum absolute atomic E-state index is 12.4. The minimum Gasteiger partial charge on any atom is -0.486 e. The van der Waals surface area contributed by atoms with Crippen molar-refractivity contribution in [2.24, 2.45) is 0 Å². The number of fused-ring (bicyclic) bond motifs is 1. The van der Waals surface area contributed by atoms with Gasteiger partial charge in [0.1, 0.15) is 13.2 Å². The first-order valence-corrected chi connectivity index (χ1v) is 6.80. The van der Waals surface area contributed by atoms with E-state index >= 15 is 0 Å². The first kappa shape index (κ1) is 13.3. The summed E-state index contributed by atoms with van der Waals surface area (Å²) < 4.78 is 10.9. The SMILES string of the molecule is O=C(c1ccc(Cl)cc1)c1cc2c(cc1Cl)OCCO2. The number of hydrogen-bond donors (Lipinski definition) is 0. The predicted octanol–water partition coefficient (Wildman–Crippen LogP) is 4.00. The van der Waals surface area contributed by atoms with Gasteiger partial charge < -0.3 is 9.47 Å². The Balaban J connectivity index is 2.01. The summed E-state index contributed by atoms with van der Waals surface area (Å²) in [6.45, 7) is 0.941. The molecule has 0 bridgehead atoms. The minimum absolute atomic E-state index is 0.177. The predicted molar refractivity (Wildman–Crippen MR) is 77.3 cm³/mol. The van der Waals surface area contributed by atoms with Crippen molar-refractivity contribution in [3.8, 4) is 11.5 Å². The minimum atomic E-state index is -0.177. The van der Waals surface area contributed by atoms with Crippen LogP contribution in [0.5, 0.6) is 11.5 Å². The fraction of sp³-hybridized carbons (Fsp3) is 0.133. The fourth-order valence-electron chi connectivity index (χ4n) is 1.99. The third kappa shape index (κ3) is 2.47. The van der Waals surface area contributed by atoms with Crippen LogP contribution in [0.1, 0.15) is 15.9 Å². The van der Waals surface area contributed by atoms with E-state index in [1.54, 1.807) is 36.4 Å². The number of halogens is 2. The van der Waals surface area contributed by atoms with Crippen LogP contribution < -0.4 is 9.47 Å². The highest BCUT2D eigenvalue weighted by molar-refractivity contribution is 6.35. The lowest BCUT2D eigenvalue weighted by atomic mass is 10.0. The van der Waals surface area contributed by atoms with Gasteiger partial charge in [-0.05, 0) is 30.3 Å². The van der Waals surface area contributed by atoms with Crippen molar-refractivity contribution >= 4 is 29.0 Å². The van der Waals surface area contributed by atoms with E-state index in [1.165, 1.54) is 0 Å². The molecule has 3 rings (SSSR count). The molecule has 0 aromatic heterocycles. The van der Waals surface area contributed by atoms with E-state index in [0.717, 1.165) is 0 Å². The molecule has 1 heterocycles. The molecule has 0 unspecified atom stereocenters. The molecular formula is C15H10Cl2O3. The summed E-state index contributed by atoms with van der Waals surface area (Å²) in [4.78, 5) is 12.4. The van der Waals surface area contributed by atoms with Crippen molar-refractivity contribution in [3.05, 3.63) is 57.6 Å². The molecule has 0 amide bonds. The van der Waals surface area contributed by atoms with Gasteiger partial charge in [0.05, 0.1) is 5.02 Å². The van der Waals surface area contributed by atoms with Crippen LogP contribution >= 0.6 is 23.2 Å². The van der Waals surface area contributed by atoms with Gasteiger partial charge in [-0.15, -0.1) is 0 Å². The largest absolute Gasteiger partial charge is 0.486 e. The molecule has 0 N–H and O–H groups in total. The van der Waals surface area contributed by atoms with E-state index < -0.39 is 0 Å². The lowest BCUT2D eigenvalue weighted by molar-refractivity contribution is 0.103. The molecule has 0 radical (unpaired) electrons. The van der Waals surface area contributed by atoms with Crippen molar-refractivity contribution in [1.82, 2.24) is 0 Å². The number of benzene rings is 2. The summed E-state index contributed by atoms with van der Waals surface area (Å²) in [7, 11) is 0. The zero-order valence-electron chi connectivity index (χ0n) is 10.4. The summed E-state index contributed by atoms with van der Waals surface area (Å²) in [5.74, 6) is 0.926. The Morgan fingerprint density at radius 3 is 2.20 bits per heavy atom. The maximum Gasteiger partial charge on any atom is 0.194 e. The average molecular weight is 309 g/mol. The van der Waals surface area contributed by atoms with Gasteiger partial charge in [0, 0.05) is 22.2 Å². The fourth-order valence-corrected chi connectivity index (χ4v) is 2.36. The van der Waals surface area contributed by atoms with Crippen LogP contribution in [0.15, 0.2) is 36.4 Å². The standard InChI is InChI=1S/C15H10Cl2O3/c16-10-3-1-9(2-4-10)15(18)11-7-13-14(8-12(11)17)20-6-5-19-13/h1-4,7-8H,5-6H2. The van der Waals surface area contributed by atoms with E-state index in [4.69, 9.17) is 32.7 Å². The van der Waals surface area contributed by atoms with Gasteiger partial charge >= 0.3 is 0 Å². The number of ether oxygens (including phenoxy) is 2. The molecule has 2 aromatic rings. The van der Waals surface area contributed by atoms with Crippen LogP contribution in [0.25, 0.3) is 0 Å². The maximum atomic E-state index is 12.4. The summed E-state index contributed by atoms with van der Waals surface area (Å²) in [6.07, 6.45) is 0. The number of carbonyl (C=O) groups is 1. The number of carbonyl (C=O) groups excluding carboxylic acids is 1. The van der Waals surface area contributed by atoms with Gasteiger partial charge in [-0.1, -0.05) is 23.2 Å². The number of rotatable bonds is 2. The van der Waals surface area contributed by atoms with E-state index in [2.05, 4.69) is 0 Å². The van der Waals surface area contributed by atoms with Crippen LogP contribution in [0.4, 0.5) is 0 Å². The molecule has 1 aliphatic heterocycles. The highest BCUT2D eigenvalue weighted by Crippen LogP contribution is 2.36. The van der Waals surface area contributed by atoms with Gasteiger partial charge in [-0.2, -0.15) is 0 Å². The van der Waals surface area contributed by atoms with Crippen LogP contribution in [0.3, 0.4) is 0 Å². The quantitative estimate of drug-likeness (QED) is 0.787. The second-order valence-corrected chi connectivity index (χ2v) is 5.16. The highest BCUT2D eigenvalue weighted by atomic mass is 35.5. The number of hydrogen-bond acceptors (Lipinski definition) is 3. The van der Waals surface area contributed by atoms with Crippen LogP contribution in [0.2, 0.25) is 10.0 Å². The lowest BCUT2D eigenvalue weighted by Crippen LogP contribution is -2.16. The Morgan fingerprint density at radius 1 is 0.950 bits per heavy atom. The zero-order chi connectivity index (χ0) is 14.1. The Bertz CT molecular complexity index is 666. The topological polar surface area (TPSA) is 35.5 Å². The smallest absolute Gasteiger partial charge is 0.194 e. The molecule has 2 aromatic carbocycles. The first-order chi connectivity index (χ1) is 9.65. The van der Waals surface area contributed by atoms with Gasteiger partial charge in [0.25, 0.3) is 0 Å². The molecule has 0 atom stereocenters. The molecule has 0 saturated carbocycles. The van der Waals surface area contributed by atoms with Crippen molar-refractivity contribution < 1.29 is 14.3 Å². The van der Waals surface area contributed by atoms with Gasteiger partial charge in [-0.25, -0.2) is 0 Å². The normalized spacial score (nSPS) is 13.1. The Kier molecular flexibility index (Phi) is 3.55. The van der Waals surface area contributed by atoms with Crippen molar-refractivity contribution in [3.63, 3.8) is 0 Å². The molecule has 0 fully saturated rings. The molecule has 20 heavy (non-hydrogen) atoms. The summed E-state index contributed by atoms with van der Waals surface area (Å²) in [6, 6.07) is 9.89. The summed E-state index contributed by atoms with van der Waals surface area (Å²) >= 11 is 12.0. The zero-order valence-corrected chi connectivity index (χ0v) is 11.9. The molecule has 0 saturated heterocycles.